The maximum Gasteiger partial charge on any atom is 0.224 e. The molecular formula is C18H27NO2S. The van der Waals surface area contributed by atoms with E-state index >= 15 is 0 Å². The fourth-order valence-corrected chi connectivity index (χ4v) is 4.00. The average molecular weight is 321 g/mol. The summed E-state index contributed by atoms with van der Waals surface area (Å²) in [5, 5.41) is 2.99. The lowest BCUT2D eigenvalue weighted by Gasteiger charge is -2.27. The highest BCUT2D eigenvalue weighted by atomic mass is 32.2. The second-order valence-electron chi connectivity index (χ2n) is 6.55. The summed E-state index contributed by atoms with van der Waals surface area (Å²) in [5.74, 6) is 1.77. The zero-order valence-corrected chi connectivity index (χ0v) is 14.5. The van der Waals surface area contributed by atoms with Gasteiger partial charge in [-0.25, -0.2) is 0 Å². The lowest BCUT2D eigenvalue weighted by molar-refractivity contribution is -0.117. The molecule has 3 nitrogen and oxygen atoms in total. The molecule has 1 aliphatic rings. The number of carbonyl (C=O) groups is 1. The van der Waals surface area contributed by atoms with Gasteiger partial charge in [0, 0.05) is 34.9 Å². The molecule has 0 saturated heterocycles. The zero-order valence-electron chi connectivity index (χ0n) is 13.6. The summed E-state index contributed by atoms with van der Waals surface area (Å²) < 4.78 is 11.3. The van der Waals surface area contributed by atoms with Gasteiger partial charge in [0.05, 0.1) is 0 Å². The summed E-state index contributed by atoms with van der Waals surface area (Å²) in [4.78, 5) is 12.2. The smallest absolute Gasteiger partial charge is 0.224 e. The van der Waals surface area contributed by atoms with E-state index in [1.54, 1.807) is 6.26 Å². The molecule has 1 aliphatic carbocycles. The highest BCUT2D eigenvalue weighted by Gasteiger charge is 2.22. The van der Waals surface area contributed by atoms with Gasteiger partial charge in [0.2, 0.25) is 5.91 Å². The fraction of sp³-hybridized carbons (Fsp3) is 0.611. The molecule has 2 rings (SSSR count). The Hall–Kier alpha value is -1.16. The Morgan fingerprint density at radius 2 is 2.05 bits per heavy atom. The van der Waals surface area contributed by atoms with E-state index in [4.69, 9.17) is 0 Å². The third-order valence-electron chi connectivity index (χ3n) is 4.54. The molecule has 0 aromatic heterocycles. The first kappa shape index (κ1) is 17.2. The van der Waals surface area contributed by atoms with E-state index in [9.17, 15) is 9.00 Å². The van der Waals surface area contributed by atoms with Crippen LogP contribution in [0.2, 0.25) is 0 Å². The van der Waals surface area contributed by atoms with Crippen molar-refractivity contribution in [1.29, 1.82) is 0 Å². The Labute approximate surface area is 136 Å². The summed E-state index contributed by atoms with van der Waals surface area (Å²) in [5.41, 5.74) is 1.81. The first-order valence-electron chi connectivity index (χ1n) is 8.23. The highest BCUT2D eigenvalue weighted by Crippen LogP contribution is 2.31. The van der Waals surface area contributed by atoms with Gasteiger partial charge in [-0.2, -0.15) is 0 Å². The molecule has 4 heteroatoms. The molecule has 0 heterocycles. The molecule has 1 amide bonds. The van der Waals surface area contributed by atoms with Crippen LogP contribution in [0.1, 0.15) is 51.0 Å². The predicted molar refractivity (Wildman–Crippen MR) is 93.2 cm³/mol. The molecule has 1 aromatic carbocycles. The zero-order chi connectivity index (χ0) is 15.9. The number of hydrogen-bond donors (Lipinski definition) is 1. The molecule has 0 spiro atoms. The number of anilines is 1. The summed E-state index contributed by atoms with van der Waals surface area (Å²) >= 11 is 0. The van der Waals surface area contributed by atoms with E-state index in [0.717, 1.165) is 11.3 Å². The lowest BCUT2D eigenvalue weighted by atomic mass is 9.79. The quantitative estimate of drug-likeness (QED) is 0.857. The third-order valence-corrected chi connectivity index (χ3v) is 5.28. The minimum atomic E-state index is -0.863. The van der Waals surface area contributed by atoms with Gasteiger partial charge in [0.15, 0.2) is 0 Å². The minimum absolute atomic E-state index is 0.0906. The molecule has 0 aliphatic heterocycles. The second kappa shape index (κ2) is 8.47. The van der Waals surface area contributed by atoms with Crippen LogP contribution in [0.15, 0.2) is 24.3 Å². The maximum absolute atomic E-state index is 12.2. The Balaban J connectivity index is 1.87. The van der Waals surface area contributed by atoms with Gasteiger partial charge < -0.3 is 5.32 Å². The van der Waals surface area contributed by atoms with E-state index in [2.05, 4.69) is 12.2 Å². The van der Waals surface area contributed by atoms with Crippen molar-refractivity contribution in [1.82, 2.24) is 0 Å². The summed E-state index contributed by atoms with van der Waals surface area (Å²) in [6.45, 7) is 2.20. The second-order valence-corrected chi connectivity index (χ2v) is 7.98. The van der Waals surface area contributed by atoms with Gasteiger partial charge in [-0.3, -0.25) is 9.00 Å². The molecular weight excluding hydrogens is 294 g/mol. The molecule has 1 N–H and O–H groups in total. The van der Waals surface area contributed by atoms with Gasteiger partial charge in [0.1, 0.15) is 0 Å². The summed E-state index contributed by atoms with van der Waals surface area (Å²) in [7, 11) is -0.863. The summed E-state index contributed by atoms with van der Waals surface area (Å²) in [6, 6.07) is 7.67. The number of amides is 1. The largest absolute Gasteiger partial charge is 0.326 e. The van der Waals surface area contributed by atoms with E-state index in [1.807, 2.05) is 24.3 Å². The normalized spacial score (nSPS) is 18.6. The fourth-order valence-electron chi connectivity index (χ4n) is 3.35. The number of rotatable bonds is 6. The van der Waals surface area contributed by atoms with Gasteiger partial charge in [0.25, 0.3) is 0 Å². The van der Waals surface area contributed by atoms with Gasteiger partial charge in [-0.15, -0.1) is 0 Å². The molecule has 0 radical (unpaired) electrons. The summed E-state index contributed by atoms with van der Waals surface area (Å²) in [6.07, 6.45) is 8.80. The van der Waals surface area contributed by atoms with Crippen LogP contribution >= 0.6 is 0 Å². The maximum atomic E-state index is 12.2. The monoisotopic (exact) mass is 321 g/mol. The molecule has 122 valence electrons. The van der Waals surface area contributed by atoms with Crippen molar-refractivity contribution in [3.05, 3.63) is 29.8 Å². The predicted octanol–water partition coefficient (Wildman–Crippen LogP) is 4.11. The molecule has 0 bridgehead atoms. The van der Waals surface area contributed by atoms with Crippen molar-refractivity contribution in [2.45, 2.75) is 51.2 Å². The van der Waals surface area contributed by atoms with Crippen LogP contribution in [0.25, 0.3) is 0 Å². The first-order valence-corrected chi connectivity index (χ1v) is 9.96. The van der Waals surface area contributed by atoms with Crippen molar-refractivity contribution in [3.8, 4) is 0 Å². The molecule has 1 aromatic rings. The van der Waals surface area contributed by atoms with E-state index < -0.39 is 10.8 Å². The van der Waals surface area contributed by atoms with E-state index in [0.29, 0.717) is 24.0 Å². The van der Waals surface area contributed by atoms with Crippen LogP contribution < -0.4 is 5.32 Å². The van der Waals surface area contributed by atoms with E-state index in [1.165, 1.54) is 32.1 Å². The van der Waals surface area contributed by atoms with Crippen LogP contribution in [0.3, 0.4) is 0 Å². The van der Waals surface area contributed by atoms with Crippen LogP contribution in [0.4, 0.5) is 5.69 Å². The topological polar surface area (TPSA) is 46.2 Å². The Kier molecular flexibility index (Phi) is 6.62. The number of benzene rings is 1. The number of hydrogen-bond acceptors (Lipinski definition) is 2. The molecule has 2 unspecified atom stereocenters. The number of nitrogens with one attached hydrogen (secondary N) is 1. The van der Waals surface area contributed by atoms with Gasteiger partial charge >= 0.3 is 0 Å². The molecule has 2 atom stereocenters. The van der Waals surface area contributed by atoms with Gasteiger partial charge in [-0.05, 0) is 29.5 Å². The van der Waals surface area contributed by atoms with Crippen molar-refractivity contribution in [2.24, 2.45) is 11.8 Å². The van der Waals surface area contributed by atoms with E-state index in [-0.39, 0.29) is 5.91 Å². The van der Waals surface area contributed by atoms with Gasteiger partial charge in [-0.1, -0.05) is 51.2 Å². The van der Waals surface area contributed by atoms with Crippen LogP contribution in [-0.2, 0) is 21.3 Å². The Bertz CT molecular complexity index is 524. The lowest BCUT2D eigenvalue weighted by Crippen LogP contribution is -2.22. The molecule has 22 heavy (non-hydrogen) atoms. The van der Waals surface area contributed by atoms with Crippen LogP contribution in [0, 0.1) is 11.8 Å². The van der Waals surface area contributed by atoms with Crippen LogP contribution in [-0.4, -0.2) is 16.4 Å². The Morgan fingerprint density at radius 3 is 2.73 bits per heavy atom. The third kappa shape index (κ3) is 5.56. The highest BCUT2D eigenvalue weighted by molar-refractivity contribution is 7.83. The van der Waals surface area contributed by atoms with Crippen LogP contribution in [0.5, 0.6) is 0 Å². The molecule has 1 saturated carbocycles. The Morgan fingerprint density at radius 1 is 1.32 bits per heavy atom. The van der Waals surface area contributed by atoms with Crippen molar-refractivity contribution in [2.75, 3.05) is 11.6 Å². The minimum Gasteiger partial charge on any atom is -0.326 e. The number of carbonyl (C=O) groups excluding carboxylic acids is 1. The van der Waals surface area contributed by atoms with Crippen molar-refractivity contribution in [3.63, 3.8) is 0 Å². The molecule has 1 fully saturated rings. The SMILES string of the molecule is CC(CC(=O)Nc1cccc(CS(C)=O)c1)C1CCCCC1. The first-order chi connectivity index (χ1) is 10.5. The van der Waals surface area contributed by atoms with Crippen molar-refractivity contribution >= 4 is 22.4 Å². The van der Waals surface area contributed by atoms with Crippen molar-refractivity contribution < 1.29 is 9.00 Å². The standard InChI is InChI=1S/C18H27NO2S/c1-14(16-8-4-3-5-9-16)11-18(20)19-17-10-6-7-15(12-17)13-22(2)21/h6-7,10,12,14,16H,3-5,8-9,11,13H2,1-2H3,(H,19,20). The average Bonchev–Trinajstić information content (AvgIpc) is 2.47.